The molecule has 1 saturated heterocycles. The van der Waals surface area contributed by atoms with Crippen molar-refractivity contribution in [2.24, 2.45) is 0 Å². The number of hydrogen-bond donors (Lipinski definition) is 5. The first-order chi connectivity index (χ1) is 16.0. The van der Waals surface area contributed by atoms with Gasteiger partial charge in [-0.2, -0.15) is 13.8 Å². The molecule has 3 atom stereocenters. The molecule has 17 heteroatoms. The zero-order valence-electron chi connectivity index (χ0n) is 19.0. The van der Waals surface area contributed by atoms with Crippen LogP contribution in [0, 0.1) is 0 Å². The van der Waals surface area contributed by atoms with Crippen molar-refractivity contribution in [1.82, 2.24) is 14.9 Å². The number of aliphatic hydroxyl groups excluding tert-OH is 1. The monoisotopic (exact) mass is 528 g/mol. The van der Waals surface area contributed by atoms with Gasteiger partial charge in [0.05, 0.1) is 13.0 Å². The van der Waals surface area contributed by atoms with Crippen LogP contribution in [-0.2, 0) is 28.2 Å². The quantitative estimate of drug-likeness (QED) is 0.193. The Morgan fingerprint density at radius 1 is 1.34 bits per heavy atom. The fraction of sp³-hybridized carbons (Fsp3) is 0.667. The van der Waals surface area contributed by atoms with Gasteiger partial charge in [-0.25, -0.2) is 9.36 Å². The first-order valence-corrected chi connectivity index (χ1v) is 11.7. The zero-order chi connectivity index (χ0) is 26.6. The van der Waals surface area contributed by atoms with Gasteiger partial charge in [-0.3, -0.25) is 18.7 Å². The molecule has 2 rings (SSSR count). The third-order valence-corrected chi connectivity index (χ3v) is 4.97. The van der Waals surface area contributed by atoms with E-state index in [1.165, 1.54) is 0 Å². The van der Waals surface area contributed by atoms with E-state index in [0.717, 1.165) is 12.3 Å². The van der Waals surface area contributed by atoms with E-state index >= 15 is 0 Å². The van der Waals surface area contributed by atoms with E-state index in [-0.39, 0.29) is 17.8 Å². The summed E-state index contributed by atoms with van der Waals surface area (Å²) in [5.74, 6) is -5.85. The number of aromatic nitrogens is 2. The molecule has 0 bridgehead atoms. The van der Waals surface area contributed by atoms with Crippen LogP contribution in [0.15, 0.2) is 17.1 Å². The molecule has 1 fully saturated rings. The number of aliphatic hydroxyl groups is 1. The molecule has 0 radical (unpaired) electrons. The molecule has 0 saturated carbocycles. The predicted molar refractivity (Wildman–Crippen MR) is 113 cm³/mol. The third-order valence-electron chi connectivity index (χ3n) is 4.49. The summed E-state index contributed by atoms with van der Waals surface area (Å²) in [6.45, 7) is 4.32. The second kappa shape index (κ2) is 11.2. The van der Waals surface area contributed by atoms with Gasteiger partial charge < -0.3 is 35.0 Å². The second-order valence-corrected chi connectivity index (χ2v) is 9.81. The Labute approximate surface area is 197 Å². The minimum atomic E-state index is -5.02. The van der Waals surface area contributed by atoms with Crippen molar-refractivity contribution in [3.8, 4) is 0 Å². The molecular weight excluding hydrogens is 501 g/mol. The molecule has 0 aromatic carbocycles. The van der Waals surface area contributed by atoms with Crippen molar-refractivity contribution >= 4 is 25.5 Å². The lowest BCUT2D eigenvalue weighted by atomic mass is 10.1. The van der Waals surface area contributed by atoms with Gasteiger partial charge in [-0.1, -0.05) is 0 Å². The molecule has 2 heterocycles. The molecule has 1 unspecified atom stereocenters. The number of anilines is 1. The zero-order valence-corrected chi connectivity index (χ0v) is 19.9. The topological polar surface area (TPSA) is 199 Å². The highest BCUT2D eigenvalue weighted by atomic mass is 31.2. The van der Waals surface area contributed by atoms with Crippen LogP contribution in [0.3, 0.4) is 0 Å². The van der Waals surface area contributed by atoms with Crippen LogP contribution in [-0.4, -0.2) is 79.7 Å². The van der Waals surface area contributed by atoms with Crippen molar-refractivity contribution in [1.29, 1.82) is 0 Å². The van der Waals surface area contributed by atoms with Gasteiger partial charge in [0.15, 0.2) is 12.7 Å². The maximum absolute atomic E-state index is 14.4. The summed E-state index contributed by atoms with van der Waals surface area (Å²) >= 11 is 0. The summed E-state index contributed by atoms with van der Waals surface area (Å²) < 4.78 is 53.8. The average Bonchev–Trinajstić information content (AvgIpc) is 2.93. The van der Waals surface area contributed by atoms with Gasteiger partial charge in [0.25, 0.3) is 5.91 Å². The Balaban J connectivity index is 1.96. The van der Waals surface area contributed by atoms with E-state index in [2.05, 4.69) is 20.1 Å². The molecule has 1 aromatic rings. The standard InChI is InChI=1S/C18H27F2N4O10P/c1-17(2,3)21-6-4-13(26)32-9-12(25)22-11-5-7-24(16(28)23-11)15-18(19,20)14(27)10(34-15)8-33-35(29,30)31/h5,7,10,14-15,21,27H,4,6,8-9H2,1-3H3,(H2,29,30,31)(H,22,23,25,28)/t10?,14-,15-/m1/s1. The highest BCUT2D eigenvalue weighted by molar-refractivity contribution is 7.46. The van der Waals surface area contributed by atoms with Crippen LogP contribution >= 0.6 is 7.82 Å². The molecule has 14 nitrogen and oxygen atoms in total. The second-order valence-electron chi connectivity index (χ2n) is 8.57. The van der Waals surface area contributed by atoms with Gasteiger partial charge in [-0.05, 0) is 26.8 Å². The lowest BCUT2D eigenvalue weighted by Gasteiger charge is -2.21. The van der Waals surface area contributed by atoms with Crippen molar-refractivity contribution in [3.63, 3.8) is 0 Å². The molecule has 1 aromatic heterocycles. The molecule has 5 N–H and O–H groups in total. The van der Waals surface area contributed by atoms with Crippen LogP contribution in [0.4, 0.5) is 14.6 Å². The van der Waals surface area contributed by atoms with Crippen molar-refractivity contribution in [2.45, 2.75) is 57.1 Å². The van der Waals surface area contributed by atoms with Gasteiger partial charge in [0, 0.05) is 18.3 Å². The maximum Gasteiger partial charge on any atom is 0.469 e. The Kier molecular flexibility index (Phi) is 9.21. The van der Waals surface area contributed by atoms with E-state index < -0.39 is 63.0 Å². The minimum Gasteiger partial charge on any atom is -0.456 e. The minimum absolute atomic E-state index is 0.0144. The summed E-state index contributed by atoms with van der Waals surface area (Å²) in [6, 6.07) is 0.986. The number of carbonyl (C=O) groups excluding carboxylic acids is 2. The van der Waals surface area contributed by atoms with Crippen molar-refractivity contribution in [3.05, 3.63) is 22.7 Å². The van der Waals surface area contributed by atoms with Crippen molar-refractivity contribution in [2.75, 3.05) is 25.1 Å². The number of amides is 1. The molecular formula is C18H27F2N4O10P. The Hall–Kier alpha value is -2.33. The van der Waals surface area contributed by atoms with E-state index in [9.17, 15) is 32.8 Å². The number of ether oxygens (including phenoxy) is 2. The third kappa shape index (κ3) is 8.68. The fourth-order valence-electron chi connectivity index (χ4n) is 2.87. The number of halogens is 2. The van der Waals surface area contributed by atoms with Crippen molar-refractivity contribution < 1.29 is 51.8 Å². The number of phosphoric ester groups is 1. The number of nitrogens with one attached hydrogen (secondary N) is 2. The van der Waals surface area contributed by atoms with E-state index in [0.29, 0.717) is 11.1 Å². The highest BCUT2D eigenvalue weighted by Gasteiger charge is 2.60. The molecule has 1 aliphatic rings. The van der Waals surface area contributed by atoms with E-state index in [1.807, 2.05) is 20.8 Å². The summed E-state index contributed by atoms with van der Waals surface area (Å²) in [4.78, 5) is 56.7. The van der Waals surface area contributed by atoms with Crippen LogP contribution in [0.2, 0.25) is 0 Å². The molecule has 1 amide bonds. The summed E-state index contributed by atoms with van der Waals surface area (Å²) in [7, 11) is -5.02. The average molecular weight is 528 g/mol. The number of nitrogens with zero attached hydrogens (tertiary/aromatic N) is 2. The number of phosphoric acid groups is 1. The SMILES string of the molecule is CC(C)(C)NCCC(=O)OCC(=O)Nc1ccn([C@@H]2OC(COP(=O)(O)O)[C@@H](O)C2(F)F)c(=O)n1. The smallest absolute Gasteiger partial charge is 0.456 e. The predicted octanol–water partition coefficient (Wildman–Crippen LogP) is -0.494. The number of hydrogen-bond acceptors (Lipinski definition) is 10. The number of alkyl halides is 2. The van der Waals surface area contributed by atoms with Crippen LogP contribution in [0.1, 0.15) is 33.4 Å². The van der Waals surface area contributed by atoms with Crippen LogP contribution in [0.25, 0.3) is 0 Å². The van der Waals surface area contributed by atoms with Gasteiger partial charge in [0.1, 0.15) is 11.9 Å². The number of esters is 1. The Morgan fingerprint density at radius 3 is 2.57 bits per heavy atom. The summed E-state index contributed by atoms with van der Waals surface area (Å²) in [6.07, 6.45) is -5.94. The number of carbonyl (C=O) groups is 2. The molecule has 0 aliphatic carbocycles. The molecule has 35 heavy (non-hydrogen) atoms. The molecule has 1 aliphatic heterocycles. The van der Waals surface area contributed by atoms with Gasteiger partial charge in [-0.15, -0.1) is 0 Å². The Morgan fingerprint density at radius 2 is 2.00 bits per heavy atom. The number of rotatable bonds is 10. The lowest BCUT2D eigenvalue weighted by molar-refractivity contribution is -0.147. The molecule has 198 valence electrons. The maximum atomic E-state index is 14.4. The molecule has 0 spiro atoms. The lowest BCUT2D eigenvalue weighted by Crippen LogP contribution is -2.42. The summed E-state index contributed by atoms with van der Waals surface area (Å²) in [5.41, 5.74) is -1.49. The van der Waals surface area contributed by atoms with Crippen LogP contribution in [0.5, 0.6) is 0 Å². The normalized spacial score (nSPS) is 22.1. The first kappa shape index (κ1) is 28.9. The largest absolute Gasteiger partial charge is 0.469 e. The van der Waals surface area contributed by atoms with Gasteiger partial charge >= 0.3 is 25.4 Å². The van der Waals surface area contributed by atoms with E-state index in [1.54, 1.807) is 0 Å². The van der Waals surface area contributed by atoms with E-state index in [4.69, 9.17) is 19.3 Å². The Bertz CT molecular complexity index is 1030. The van der Waals surface area contributed by atoms with Crippen LogP contribution < -0.4 is 16.3 Å². The first-order valence-electron chi connectivity index (χ1n) is 10.2. The fourth-order valence-corrected chi connectivity index (χ4v) is 3.22. The highest BCUT2D eigenvalue weighted by Crippen LogP contribution is 2.44. The summed E-state index contributed by atoms with van der Waals surface area (Å²) in [5, 5.41) is 15.0. The van der Waals surface area contributed by atoms with Gasteiger partial charge in [0.2, 0.25) is 6.23 Å².